The van der Waals surface area contributed by atoms with Crippen molar-refractivity contribution in [2.24, 2.45) is 5.92 Å². The number of nitrogens with zero attached hydrogens (tertiary/aromatic N) is 1. The van der Waals surface area contributed by atoms with Crippen molar-refractivity contribution >= 4 is 5.82 Å². The van der Waals surface area contributed by atoms with Gasteiger partial charge in [-0.2, -0.15) is 0 Å². The largest absolute Gasteiger partial charge is 0.394 e. The van der Waals surface area contributed by atoms with Gasteiger partial charge in [0.25, 0.3) is 0 Å². The molecule has 1 atom stereocenters. The molecular formula is C10H14F2N2O. The maximum atomic E-state index is 13.2. The molecule has 84 valence electrons. The zero-order valence-electron chi connectivity index (χ0n) is 8.67. The molecule has 0 aromatic carbocycles. The molecular weight excluding hydrogens is 202 g/mol. The van der Waals surface area contributed by atoms with Crippen molar-refractivity contribution in [3.63, 3.8) is 0 Å². The van der Waals surface area contributed by atoms with E-state index in [1.807, 2.05) is 13.8 Å². The summed E-state index contributed by atoms with van der Waals surface area (Å²) in [6.07, 6.45) is 0.931. The van der Waals surface area contributed by atoms with Crippen molar-refractivity contribution in [3.8, 4) is 0 Å². The number of aliphatic hydroxyl groups excluding tert-OH is 1. The lowest BCUT2D eigenvalue weighted by molar-refractivity contribution is 0.248. The topological polar surface area (TPSA) is 45.1 Å². The number of aliphatic hydroxyl groups is 1. The first-order valence-corrected chi connectivity index (χ1v) is 4.73. The Labute approximate surface area is 87.2 Å². The van der Waals surface area contributed by atoms with Gasteiger partial charge >= 0.3 is 0 Å². The van der Waals surface area contributed by atoms with Crippen LogP contribution in [0.4, 0.5) is 14.6 Å². The van der Waals surface area contributed by atoms with Gasteiger partial charge in [0.15, 0.2) is 11.6 Å². The number of rotatable bonds is 4. The fraction of sp³-hybridized carbons (Fsp3) is 0.500. The second-order valence-corrected chi connectivity index (χ2v) is 3.66. The molecule has 0 radical (unpaired) electrons. The van der Waals surface area contributed by atoms with Crippen molar-refractivity contribution in [2.75, 3.05) is 11.9 Å². The Balaban J connectivity index is 2.79. The van der Waals surface area contributed by atoms with Crippen molar-refractivity contribution in [1.82, 2.24) is 4.98 Å². The summed E-state index contributed by atoms with van der Waals surface area (Å²) in [7, 11) is 0. The Kier molecular flexibility index (Phi) is 3.96. The Morgan fingerprint density at radius 3 is 2.60 bits per heavy atom. The first-order chi connectivity index (χ1) is 7.04. The molecule has 0 fully saturated rings. The number of aromatic nitrogens is 1. The zero-order valence-corrected chi connectivity index (χ0v) is 8.67. The van der Waals surface area contributed by atoms with Gasteiger partial charge in [0.2, 0.25) is 0 Å². The number of hydrogen-bond donors (Lipinski definition) is 2. The van der Waals surface area contributed by atoms with Crippen LogP contribution in [0.3, 0.4) is 0 Å². The third-order valence-electron chi connectivity index (χ3n) is 2.13. The van der Waals surface area contributed by atoms with E-state index in [1.54, 1.807) is 0 Å². The maximum Gasteiger partial charge on any atom is 0.168 e. The molecule has 1 heterocycles. The van der Waals surface area contributed by atoms with Crippen LogP contribution in [0.15, 0.2) is 12.3 Å². The summed E-state index contributed by atoms with van der Waals surface area (Å²) < 4.78 is 25.7. The molecule has 3 nitrogen and oxygen atoms in total. The van der Waals surface area contributed by atoms with Crippen LogP contribution in [0.2, 0.25) is 0 Å². The van der Waals surface area contributed by atoms with Crippen LogP contribution >= 0.6 is 0 Å². The Morgan fingerprint density at radius 2 is 2.13 bits per heavy atom. The number of hydrogen-bond acceptors (Lipinski definition) is 3. The molecule has 0 saturated carbocycles. The van der Waals surface area contributed by atoms with Crippen LogP contribution in [-0.2, 0) is 0 Å². The Morgan fingerprint density at radius 1 is 1.47 bits per heavy atom. The quantitative estimate of drug-likeness (QED) is 0.806. The van der Waals surface area contributed by atoms with E-state index >= 15 is 0 Å². The minimum Gasteiger partial charge on any atom is -0.394 e. The van der Waals surface area contributed by atoms with E-state index in [-0.39, 0.29) is 24.4 Å². The molecule has 1 unspecified atom stereocenters. The van der Waals surface area contributed by atoms with E-state index in [4.69, 9.17) is 5.11 Å². The van der Waals surface area contributed by atoms with Gasteiger partial charge in [0, 0.05) is 6.07 Å². The lowest BCUT2D eigenvalue weighted by Crippen LogP contribution is -2.30. The molecule has 0 bridgehead atoms. The number of pyridine rings is 1. The number of anilines is 1. The van der Waals surface area contributed by atoms with Crippen LogP contribution < -0.4 is 5.32 Å². The van der Waals surface area contributed by atoms with Gasteiger partial charge < -0.3 is 10.4 Å². The summed E-state index contributed by atoms with van der Waals surface area (Å²) in [5.74, 6) is -1.39. The summed E-state index contributed by atoms with van der Waals surface area (Å²) in [6, 6.07) is 0.460. The average molecular weight is 216 g/mol. The van der Waals surface area contributed by atoms with E-state index in [9.17, 15) is 8.78 Å². The molecule has 2 N–H and O–H groups in total. The lowest BCUT2D eigenvalue weighted by Gasteiger charge is -2.20. The molecule has 0 aliphatic carbocycles. The summed E-state index contributed by atoms with van der Waals surface area (Å²) >= 11 is 0. The molecule has 5 heteroatoms. The summed E-state index contributed by atoms with van der Waals surface area (Å²) in [6.45, 7) is 3.64. The van der Waals surface area contributed by atoms with Gasteiger partial charge in [-0.15, -0.1) is 0 Å². The molecule has 0 spiro atoms. The van der Waals surface area contributed by atoms with Crippen LogP contribution in [0.25, 0.3) is 0 Å². The highest BCUT2D eigenvalue weighted by molar-refractivity contribution is 5.37. The molecule has 15 heavy (non-hydrogen) atoms. The van der Waals surface area contributed by atoms with Gasteiger partial charge in [-0.3, -0.25) is 0 Å². The fourth-order valence-electron chi connectivity index (χ4n) is 1.12. The molecule has 1 rings (SSSR count). The second kappa shape index (κ2) is 5.02. The Hall–Kier alpha value is -1.23. The smallest absolute Gasteiger partial charge is 0.168 e. The minimum atomic E-state index is -0.755. The van der Waals surface area contributed by atoms with Crippen LogP contribution in [0.1, 0.15) is 13.8 Å². The maximum absolute atomic E-state index is 13.2. The van der Waals surface area contributed by atoms with Crippen LogP contribution in [-0.4, -0.2) is 22.7 Å². The third kappa shape index (κ3) is 3.13. The first kappa shape index (κ1) is 11.8. The Bertz CT molecular complexity index is 331. The van der Waals surface area contributed by atoms with Crippen molar-refractivity contribution < 1.29 is 13.9 Å². The van der Waals surface area contributed by atoms with E-state index in [0.717, 1.165) is 12.3 Å². The molecule has 0 saturated heterocycles. The second-order valence-electron chi connectivity index (χ2n) is 3.66. The normalized spacial score (nSPS) is 12.9. The van der Waals surface area contributed by atoms with Gasteiger partial charge in [-0.05, 0) is 5.92 Å². The lowest BCUT2D eigenvalue weighted by atomic mass is 10.1. The number of nitrogens with one attached hydrogen (secondary N) is 1. The standard InChI is InChI=1S/C10H14F2N2O/c1-6(2)9(5-15)14-10-8(12)3-7(11)4-13-10/h3-4,6,9,15H,5H2,1-2H3,(H,13,14). The molecule has 0 aliphatic rings. The van der Waals surface area contributed by atoms with Crippen molar-refractivity contribution in [1.29, 1.82) is 0 Å². The summed E-state index contributed by atoms with van der Waals surface area (Å²) in [4.78, 5) is 3.58. The van der Waals surface area contributed by atoms with E-state index in [1.165, 1.54) is 0 Å². The highest BCUT2D eigenvalue weighted by Gasteiger charge is 2.14. The third-order valence-corrected chi connectivity index (χ3v) is 2.13. The van der Waals surface area contributed by atoms with Crippen molar-refractivity contribution in [2.45, 2.75) is 19.9 Å². The molecule has 0 amide bonds. The highest BCUT2D eigenvalue weighted by atomic mass is 19.1. The van der Waals surface area contributed by atoms with Crippen LogP contribution in [0, 0.1) is 17.6 Å². The predicted octanol–water partition coefficient (Wildman–Crippen LogP) is 1.79. The zero-order chi connectivity index (χ0) is 11.4. The fourth-order valence-corrected chi connectivity index (χ4v) is 1.12. The average Bonchev–Trinajstić information content (AvgIpc) is 2.16. The molecule has 1 aromatic rings. The summed E-state index contributed by atoms with van der Waals surface area (Å²) in [5.41, 5.74) is 0. The van der Waals surface area contributed by atoms with E-state index in [0.29, 0.717) is 0 Å². The highest BCUT2D eigenvalue weighted by Crippen LogP contribution is 2.14. The minimum absolute atomic E-state index is 0.0378. The van der Waals surface area contributed by atoms with E-state index in [2.05, 4.69) is 10.3 Å². The van der Waals surface area contributed by atoms with E-state index < -0.39 is 11.6 Å². The molecule has 0 aliphatic heterocycles. The van der Waals surface area contributed by atoms with Crippen molar-refractivity contribution in [3.05, 3.63) is 23.9 Å². The SMILES string of the molecule is CC(C)C(CO)Nc1ncc(F)cc1F. The van der Waals surface area contributed by atoms with Gasteiger partial charge in [0.1, 0.15) is 5.82 Å². The predicted molar refractivity (Wildman–Crippen MR) is 53.5 cm³/mol. The van der Waals surface area contributed by atoms with Gasteiger partial charge in [-0.1, -0.05) is 13.8 Å². The monoisotopic (exact) mass is 216 g/mol. The molecule has 1 aromatic heterocycles. The van der Waals surface area contributed by atoms with Crippen LogP contribution in [0.5, 0.6) is 0 Å². The summed E-state index contributed by atoms with van der Waals surface area (Å²) in [5, 5.41) is 11.7. The first-order valence-electron chi connectivity index (χ1n) is 4.73. The van der Waals surface area contributed by atoms with Gasteiger partial charge in [-0.25, -0.2) is 13.8 Å². The number of halogens is 2. The van der Waals surface area contributed by atoms with Gasteiger partial charge in [0.05, 0.1) is 18.8 Å².